The fraction of sp³-hybridized carbons (Fsp3) is 0.0833. The third kappa shape index (κ3) is 4.19. The predicted molar refractivity (Wildman–Crippen MR) is 129 cm³/mol. The molecule has 31 heavy (non-hydrogen) atoms. The van der Waals surface area contributed by atoms with Gasteiger partial charge in [-0.05, 0) is 72.9 Å². The van der Waals surface area contributed by atoms with E-state index in [2.05, 4.69) is 27.3 Å². The maximum atomic E-state index is 6.31. The van der Waals surface area contributed by atoms with E-state index in [0.29, 0.717) is 10.1 Å². The van der Waals surface area contributed by atoms with Crippen LogP contribution < -0.4 is 10.2 Å². The summed E-state index contributed by atoms with van der Waals surface area (Å²) in [7, 11) is 0. The SMILES string of the molecule is S=C1N[C@@H](c2ccccn2)[C@H](c2ccc(Sc3ccccc3)o2)N1c1ccc(Cl)cc1. The molecule has 3 heterocycles. The molecule has 2 aromatic heterocycles. The van der Waals surface area contributed by atoms with Gasteiger partial charge in [-0.15, -0.1) is 0 Å². The van der Waals surface area contributed by atoms with Crippen LogP contribution in [0.1, 0.15) is 23.5 Å². The van der Waals surface area contributed by atoms with Crippen molar-refractivity contribution in [2.75, 3.05) is 4.90 Å². The van der Waals surface area contributed by atoms with Gasteiger partial charge in [-0.3, -0.25) is 4.98 Å². The fourth-order valence-corrected chi connectivity index (χ4v) is 4.95. The highest BCUT2D eigenvalue weighted by Crippen LogP contribution is 2.43. The second kappa shape index (κ2) is 8.75. The zero-order chi connectivity index (χ0) is 21.2. The third-order valence-corrected chi connectivity index (χ3v) is 6.55. The van der Waals surface area contributed by atoms with Crippen molar-refractivity contribution in [1.82, 2.24) is 10.3 Å². The van der Waals surface area contributed by atoms with E-state index >= 15 is 0 Å². The number of benzene rings is 2. The largest absolute Gasteiger partial charge is 0.452 e. The third-order valence-electron chi connectivity index (χ3n) is 5.06. The Morgan fingerprint density at radius 3 is 2.45 bits per heavy atom. The number of anilines is 1. The maximum Gasteiger partial charge on any atom is 0.174 e. The van der Waals surface area contributed by atoms with Gasteiger partial charge < -0.3 is 14.6 Å². The first-order valence-corrected chi connectivity index (χ1v) is 11.4. The van der Waals surface area contributed by atoms with Crippen molar-refractivity contribution >= 4 is 46.4 Å². The summed E-state index contributed by atoms with van der Waals surface area (Å²) >= 11 is 13.4. The standard InChI is InChI=1S/C24H18ClN3OS2/c25-16-9-11-17(12-10-16)28-23(22(27-24(28)30)19-8-4-5-15-26-19)20-13-14-21(29-20)31-18-6-2-1-3-7-18/h1-15,22-23H,(H,27,30)/t22-,23-/m0/s1. The van der Waals surface area contributed by atoms with Crippen LogP contribution >= 0.6 is 35.6 Å². The number of aromatic nitrogens is 1. The Bertz CT molecular complexity index is 1180. The number of thiocarbonyl (C=S) groups is 1. The van der Waals surface area contributed by atoms with Crippen molar-refractivity contribution in [2.45, 2.75) is 22.1 Å². The molecule has 154 valence electrons. The summed E-state index contributed by atoms with van der Waals surface area (Å²) in [5, 5.41) is 5.57. The second-order valence-corrected chi connectivity index (χ2v) is 8.95. The minimum atomic E-state index is -0.186. The van der Waals surface area contributed by atoms with Gasteiger partial charge in [0.2, 0.25) is 0 Å². The molecule has 0 radical (unpaired) electrons. The van der Waals surface area contributed by atoms with E-state index in [1.807, 2.05) is 72.8 Å². The molecule has 1 N–H and O–H groups in total. The smallest absolute Gasteiger partial charge is 0.174 e. The molecule has 5 rings (SSSR count). The Labute approximate surface area is 195 Å². The zero-order valence-corrected chi connectivity index (χ0v) is 18.7. The van der Waals surface area contributed by atoms with Gasteiger partial charge in [-0.25, -0.2) is 0 Å². The highest BCUT2D eigenvalue weighted by atomic mass is 35.5. The highest BCUT2D eigenvalue weighted by molar-refractivity contribution is 7.99. The van der Waals surface area contributed by atoms with Gasteiger partial charge in [0.25, 0.3) is 0 Å². The molecular formula is C24H18ClN3OS2. The predicted octanol–water partition coefficient (Wildman–Crippen LogP) is 6.66. The van der Waals surface area contributed by atoms with E-state index < -0.39 is 0 Å². The van der Waals surface area contributed by atoms with Gasteiger partial charge >= 0.3 is 0 Å². The van der Waals surface area contributed by atoms with Gasteiger partial charge in [0.1, 0.15) is 11.8 Å². The van der Waals surface area contributed by atoms with Gasteiger partial charge in [0, 0.05) is 21.8 Å². The van der Waals surface area contributed by atoms with Crippen LogP contribution in [-0.4, -0.2) is 10.1 Å². The van der Waals surface area contributed by atoms with Crippen LogP contribution in [0.25, 0.3) is 0 Å². The molecule has 7 heteroatoms. The van der Waals surface area contributed by atoms with E-state index in [1.165, 1.54) is 0 Å². The number of hydrogen-bond acceptors (Lipinski definition) is 4. The lowest BCUT2D eigenvalue weighted by atomic mass is 10.0. The van der Waals surface area contributed by atoms with Crippen molar-refractivity contribution in [3.05, 3.63) is 108 Å². The highest BCUT2D eigenvalue weighted by Gasteiger charge is 2.42. The number of nitrogens with zero attached hydrogens (tertiary/aromatic N) is 2. The average Bonchev–Trinajstić information content (AvgIpc) is 3.40. The molecule has 4 nitrogen and oxygen atoms in total. The van der Waals surface area contributed by atoms with Crippen molar-refractivity contribution in [3.8, 4) is 0 Å². The Balaban J connectivity index is 1.53. The van der Waals surface area contributed by atoms with Crippen LogP contribution in [0.15, 0.2) is 106 Å². The van der Waals surface area contributed by atoms with Crippen LogP contribution in [0.2, 0.25) is 5.02 Å². The Morgan fingerprint density at radius 1 is 0.935 bits per heavy atom. The van der Waals surface area contributed by atoms with Crippen molar-refractivity contribution in [3.63, 3.8) is 0 Å². The van der Waals surface area contributed by atoms with Gasteiger partial charge in [-0.1, -0.05) is 47.6 Å². The molecule has 0 bridgehead atoms. The summed E-state index contributed by atoms with van der Waals surface area (Å²) in [4.78, 5) is 7.77. The fourth-order valence-electron chi connectivity index (χ4n) is 3.68. The molecular weight excluding hydrogens is 446 g/mol. The average molecular weight is 464 g/mol. The first-order chi connectivity index (χ1) is 15.2. The number of pyridine rings is 1. The molecule has 4 aromatic rings. The maximum absolute atomic E-state index is 6.31. The zero-order valence-electron chi connectivity index (χ0n) is 16.3. The van der Waals surface area contributed by atoms with Crippen LogP contribution in [0, 0.1) is 0 Å². The van der Waals surface area contributed by atoms with Gasteiger partial charge in [-0.2, -0.15) is 0 Å². The Hall–Kier alpha value is -2.80. The second-order valence-electron chi connectivity index (χ2n) is 7.04. The summed E-state index contributed by atoms with van der Waals surface area (Å²) in [6, 6.07) is 27.4. The lowest BCUT2D eigenvalue weighted by Gasteiger charge is -2.26. The van der Waals surface area contributed by atoms with Crippen LogP contribution in [0.3, 0.4) is 0 Å². The number of hydrogen-bond donors (Lipinski definition) is 1. The molecule has 2 atom stereocenters. The molecule has 0 unspecified atom stereocenters. The molecule has 0 amide bonds. The van der Waals surface area contributed by atoms with E-state index in [1.54, 1.807) is 18.0 Å². The Kier molecular flexibility index (Phi) is 5.68. The molecule has 1 fully saturated rings. The monoisotopic (exact) mass is 463 g/mol. The van der Waals surface area contributed by atoms with Gasteiger partial charge in [0.05, 0.1) is 11.7 Å². The van der Waals surface area contributed by atoms with Gasteiger partial charge in [0.15, 0.2) is 10.2 Å². The summed E-state index contributed by atoms with van der Waals surface area (Å²) in [6.45, 7) is 0. The quantitative estimate of drug-likeness (QED) is 0.334. The van der Waals surface area contributed by atoms with Crippen LogP contribution in [0.4, 0.5) is 5.69 Å². The minimum absolute atomic E-state index is 0.148. The molecule has 0 spiro atoms. The molecule has 1 saturated heterocycles. The van der Waals surface area contributed by atoms with Crippen LogP contribution in [-0.2, 0) is 0 Å². The van der Waals surface area contributed by atoms with E-state index in [4.69, 9.17) is 28.2 Å². The van der Waals surface area contributed by atoms with Crippen molar-refractivity contribution in [2.24, 2.45) is 0 Å². The number of furan rings is 1. The molecule has 0 saturated carbocycles. The molecule has 2 aromatic carbocycles. The number of halogens is 1. The van der Waals surface area contributed by atoms with Crippen LogP contribution in [0.5, 0.6) is 0 Å². The molecule has 1 aliphatic rings. The first kappa shape index (κ1) is 20.1. The van der Waals surface area contributed by atoms with E-state index in [0.717, 1.165) is 27.1 Å². The topological polar surface area (TPSA) is 41.3 Å². The first-order valence-electron chi connectivity index (χ1n) is 9.78. The lowest BCUT2D eigenvalue weighted by Crippen LogP contribution is -2.29. The van der Waals surface area contributed by atoms with Crippen molar-refractivity contribution < 1.29 is 4.42 Å². The van der Waals surface area contributed by atoms with Crippen molar-refractivity contribution in [1.29, 1.82) is 0 Å². The van der Waals surface area contributed by atoms with E-state index in [9.17, 15) is 0 Å². The number of nitrogens with one attached hydrogen (secondary N) is 1. The number of rotatable bonds is 5. The normalized spacial score (nSPS) is 18.2. The molecule has 1 aliphatic heterocycles. The van der Waals surface area contributed by atoms with E-state index in [-0.39, 0.29) is 12.1 Å². The minimum Gasteiger partial charge on any atom is -0.452 e. The summed E-state index contributed by atoms with van der Waals surface area (Å²) in [5.74, 6) is 0.816. The summed E-state index contributed by atoms with van der Waals surface area (Å²) in [5.41, 5.74) is 1.85. The molecule has 0 aliphatic carbocycles. The lowest BCUT2D eigenvalue weighted by molar-refractivity contribution is 0.383. The summed E-state index contributed by atoms with van der Waals surface area (Å²) < 4.78 is 6.31. The Morgan fingerprint density at radius 2 is 1.71 bits per heavy atom. The summed E-state index contributed by atoms with van der Waals surface area (Å²) in [6.07, 6.45) is 1.79.